The predicted octanol–water partition coefficient (Wildman–Crippen LogP) is 3.11. The second kappa shape index (κ2) is 14.7. The third-order valence-corrected chi connectivity index (χ3v) is 4.07. The van der Waals surface area contributed by atoms with Gasteiger partial charge in [0.15, 0.2) is 5.96 Å². The summed E-state index contributed by atoms with van der Waals surface area (Å²) in [4.78, 5) is 11.0. The molecule has 5 nitrogen and oxygen atoms in total. The Bertz CT molecular complexity index is 520. The van der Waals surface area contributed by atoms with Crippen molar-refractivity contribution in [2.45, 2.75) is 26.3 Å². The van der Waals surface area contributed by atoms with Crippen LogP contribution in [0.2, 0.25) is 0 Å². The fourth-order valence-electron chi connectivity index (χ4n) is 2.74. The van der Waals surface area contributed by atoms with Gasteiger partial charge in [-0.25, -0.2) is 0 Å². The first-order valence-electron chi connectivity index (χ1n) is 8.92. The summed E-state index contributed by atoms with van der Waals surface area (Å²) in [5, 5.41) is 6.80. The molecule has 0 saturated heterocycles. The Labute approximate surface area is 176 Å². The summed E-state index contributed by atoms with van der Waals surface area (Å²) in [5.41, 5.74) is 1.08. The van der Waals surface area contributed by atoms with Crippen molar-refractivity contribution in [2.75, 3.05) is 33.2 Å². The molecule has 0 aliphatic heterocycles. The Kier molecular flexibility index (Phi) is 13.9. The summed E-state index contributed by atoms with van der Waals surface area (Å²) >= 11 is 0. The van der Waals surface area contributed by atoms with E-state index >= 15 is 0 Å². The molecule has 6 heteroatoms. The molecule has 1 unspecified atom stereocenters. The molecule has 0 spiro atoms. The summed E-state index contributed by atoms with van der Waals surface area (Å²) in [6.07, 6.45) is 6.58. The van der Waals surface area contributed by atoms with E-state index in [1.807, 2.05) is 36.5 Å². The number of rotatable bonds is 11. The third kappa shape index (κ3) is 9.33. The molecule has 0 aliphatic rings. The fourth-order valence-corrected chi connectivity index (χ4v) is 2.74. The normalized spacial score (nSPS) is 12.4. The second-order valence-electron chi connectivity index (χ2n) is 6.29. The molecule has 1 atom stereocenters. The lowest BCUT2D eigenvalue weighted by molar-refractivity contribution is 0.190. The SMILES string of the molecule is C=CCN(CC=C)C(CNC(=NC)NCCc1ccccn1)C(C)C.I. The van der Waals surface area contributed by atoms with Crippen LogP contribution in [0.1, 0.15) is 19.5 Å². The van der Waals surface area contributed by atoms with Gasteiger partial charge < -0.3 is 10.6 Å². The lowest BCUT2D eigenvalue weighted by Gasteiger charge is -2.33. The van der Waals surface area contributed by atoms with Crippen LogP contribution in [0.5, 0.6) is 0 Å². The zero-order chi connectivity index (χ0) is 18.5. The Morgan fingerprint density at radius 1 is 1.23 bits per heavy atom. The quantitative estimate of drug-likeness (QED) is 0.226. The standard InChI is InChI=1S/C20H33N5.HI/c1-6-14-25(15-7-2)19(17(3)4)16-24-20(21-5)23-13-11-18-10-8-9-12-22-18;/h6-10,12,17,19H,1-2,11,13-16H2,3-5H3,(H2,21,23,24);1H. The Balaban J connectivity index is 0.00000625. The molecule has 26 heavy (non-hydrogen) atoms. The molecule has 0 aliphatic carbocycles. The highest BCUT2D eigenvalue weighted by atomic mass is 127. The molecule has 0 saturated carbocycles. The van der Waals surface area contributed by atoms with E-state index in [1.165, 1.54) is 0 Å². The zero-order valence-corrected chi connectivity index (χ0v) is 18.6. The van der Waals surface area contributed by atoms with E-state index in [0.717, 1.165) is 44.3 Å². The molecule has 0 aromatic carbocycles. The Morgan fingerprint density at radius 2 is 1.92 bits per heavy atom. The van der Waals surface area contributed by atoms with Crippen LogP contribution in [0.15, 0.2) is 54.7 Å². The maximum absolute atomic E-state index is 4.34. The average Bonchev–Trinajstić information content (AvgIpc) is 2.61. The molecule has 1 heterocycles. The number of nitrogens with one attached hydrogen (secondary N) is 2. The van der Waals surface area contributed by atoms with Crippen LogP contribution in [-0.2, 0) is 6.42 Å². The topological polar surface area (TPSA) is 52.5 Å². The largest absolute Gasteiger partial charge is 0.356 e. The van der Waals surface area contributed by atoms with E-state index in [1.54, 1.807) is 7.05 Å². The summed E-state index contributed by atoms with van der Waals surface area (Å²) < 4.78 is 0. The summed E-state index contributed by atoms with van der Waals surface area (Å²) in [6.45, 7) is 15.5. The number of guanidine groups is 1. The smallest absolute Gasteiger partial charge is 0.191 e. The van der Waals surface area contributed by atoms with Gasteiger partial charge in [0.2, 0.25) is 0 Å². The minimum Gasteiger partial charge on any atom is -0.356 e. The van der Waals surface area contributed by atoms with Gasteiger partial charge in [-0.15, -0.1) is 37.1 Å². The monoisotopic (exact) mass is 471 g/mol. The molecule has 1 rings (SSSR count). The number of hydrogen-bond donors (Lipinski definition) is 2. The lowest BCUT2D eigenvalue weighted by Crippen LogP contribution is -2.49. The van der Waals surface area contributed by atoms with Crippen molar-refractivity contribution in [3.8, 4) is 0 Å². The summed E-state index contributed by atoms with van der Waals surface area (Å²) in [5.74, 6) is 1.33. The van der Waals surface area contributed by atoms with E-state index in [2.05, 4.69) is 52.5 Å². The Hall–Kier alpha value is -1.41. The van der Waals surface area contributed by atoms with Gasteiger partial charge in [0.25, 0.3) is 0 Å². The van der Waals surface area contributed by atoms with Crippen LogP contribution >= 0.6 is 24.0 Å². The van der Waals surface area contributed by atoms with Crippen molar-refractivity contribution < 1.29 is 0 Å². The van der Waals surface area contributed by atoms with Gasteiger partial charge in [-0.2, -0.15) is 0 Å². The molecule has 1 aromatic rings. The Morgan fingerprint density at radius 3 is 2.42 bits per heavy atom. The highest BCUT2D eigenvalue weighted by Crippen LogP contribution is 2.10. The van der Waals surface area contributed by atoms with Crippen molar-refractivity contribution in [2.24, 2.45) is 10.9 Å². The first-order chi connectivity index (χ1) is 12.1. The molecule has 1 aromatic heterocycles. The first-order valence-corrected chi connectivity index (χ1v) is 8.92. The van der Waals surface area contributed by atoms with Crippen molar-refractivity contribution >= 4 is 29.9 Å². The molecule has 0 radical (unpaired) electrons. The van der Waals surface area contributed by atoms with E-state index in [9.17, 15) is 0 Å². The van der Waals surface area contributed by atoms with E-state index in [0.29, 0.717) is 12.0 Å². The van der Waals surface area contributed by atoms with Gasteiger partial charge in [-0.1, -0.05) is 32.1 Å². The molecule has 2 N–H and O–H groups in total. The molecule has 146 valence electrons. The molecule has 0 fully saturated rings. The van der Waals surface area contributed by atoms with Crippen molar-refractivity contribution in [3.63, 3.8) is 0 Å². The molecule has 0 amide bonds. The van der Waals surface area contributed by atoms with E-state index in [-0.39, 0.29) is 24.0 Å². The number of pyridine rings is 1. The van der Waals surface area contributed by atoms with Gasteiger partial charge in [0.1, 0.15) is 0 Å². The van der Waals surface area contributed by atoms with Gasteiger partial charge in [-0.05, 0) is 18.1 Å². The first kappa shape index (κ1) is 24.6. The fraction of sp³-hybridized carbons (Fsp3) is 0.500. The van der Waals surface area contributed by atoms with Gasteiger partial charge in [0.05, 0.1) is 0 Å². The van der Waals surface area contributed by atoms with E-state index in [4.69, 9.17) is 0 Å². The highest BCUT2D eigenvalue weighted by molar-refractivity contribution is 14.0. The number of aromatic nitrogens is 1. The number of halogens is 1. The predicted molar refractivity (Wildman–Crippen MR) is 123 cm³/mol. The van der Waals surface area contributed by atoms with Gasteiger partial charge in [-0.3, -0.25) is 14.9 Å². The molecular weight excluding hydrogens is 437 g/mol. The minimum absolute atomic E-state index is 0. The van der Waals surface area contributed by atoms with Crippen LogP contribution in [0, 0.1) is 5.92 Å². The average molecular weight is 471 g/mol. The van der Waals surface area contributed by atoms with Crippen LogP contribution in [0.25, 0.3) is 0 Å². The zero-order valence-electron chi connectivity index (χ0n) is 16.3. The number of nitrogens with zero attached hydrogens (tertiary/aromatic N) is 3. The lowest BCUT2D eigenvalue weighted by atomic mass is 10.0. The van der Waals surface area contributed by atoms with Crippen LogP contribution in [0.3, 0.4) is 0 Å². The van der Waals surface area contributed by atoms with Gasteiger partial charge in [0, 0.05) is 57.6 Å². The van der Waals surface area contributed by atoms with Crippen molar-refractivity contribution in [1.82, 2.24) is 20.5 Å². The van der Waals surface area contributed by atoms with Crippen molar-refractivity contribution in [3.05, 3.63) is 55.4 Å². The summed E-state index contributed by atoms with van der Waals surface area (Å²) in [6, 6.07) is 6.36. The summed E-state index contributed by atoms with van der Waals surface area (Å²) in [7, 11) is 1.80. The molecular formula is C20H34IN5. The van der Waals surface area contributed by atoms with Crippen molar-refractivity contribution in [1.29, 1.82) is 0 Å². The van der Waals surface area contributed by atoms with E-state index < -0.39 is 0 Å². The minimum atomic E-state index is 0. The maximum Gasteiger partial charge on any atom is 0.191 e. The molecule has 0 bridgehead atoms. The maximum atomic E-state index is 4.34. The highest BCUT2D eigenvalue weighted by Gasteiger charge is 2.20. The van der Waals surface area contributed by atoms with Crippen LogP contribution in [-0.4, -0.2) is 55.1 Å². The van der Waals surface area contributed by atoms with Gasteiger partial charge >= 0.3 is 0 Å². The van der Waals surface area contributed by atoms with Crippen LogP contribution in [0.4, 0.5) is 0 Å². The third-order valence-electron chi connectivity index (χ3n) is 4.07. The van der Waals surface area contributed by atoms with Crippen LogP contribution < -0.4 is 10.6 Å². The number of hydrogen-bond acceptors (Lipinski definition) is 3. The number of aliphatic imine (C=N–C) groups is 1. The second-order valence-corrected chi connectivity index (χ2v) is 6.29.